The van der Waals surface area contributed by atoms with Crippen LogP contribution in [0.25, 0.3) is 11.4 Å². The van der Waals surface area contributed by atoms with Crippen molar-refractivity contribution in [3.05, 3.63) is 60.2 Å². The van der Waals surface area contributed by atoms with Gasteiger partial charge in [0.1, 0.15) is 0 Å². The van der Waals surface area contributed by atoms with E-state index in [0.717, 1.165) is 29.1 Å². The molecule has 3 heterocycles. The fourth-order valence-electron chi connectivity index (χ4n) is 3.50. The van der Waals surface area contributed by atoms with Gasteiger partial charge in [0.2, 0.25) is 5.91 Å². The number of carbonyl (C=O) groups excluding carboxylic acids is 1. The quantitative estimate of drug-likeness (QED) is 0.705. The van der Waals surface area contributed by atoms with Gasteiger partial charge in [0.25, 0.3) is 0 Å². The molecule has 1 fully saturated rings. The predicted octanol–water partition coefficient (Wildman–Crippen LogP) is 2.55. The summed E-state index contributed by atoms with van der Waals surface area (Å²) in [6.45, 7) is 3.37. The maximum absolute atomic E-state index is 12.9. The molecule has 2 N–H and O–H groups in total. The third-order valence-electron chi connectivity index (χ3n) is 4.89. The van der Waals surface area contributed by atoms with Crippen molar-refractivity contribution in [1.82, 2.24) is 25.1 Å². The predicted molar refractivity (Wildman–Crippen MR) is 110 cm³/mol. The summed E-state index contributed by atoms with van der Waals surface area (Å²) < 4.78 is 1.77. The number of nitrogens with zero attached hydrogens (tertiary/aromatic N) is 4. The Morgan fingerprint density at radius 1 is 1.29 bits per heavy atom. The van der Waals surface area contributed by atoms with Gasteiger partial charge in [-0.15, -0.1) is 12.4 Å². The minimum Gasteiger partial charge on any atom is -0.326 e. The second-order valence-corrected chi connectivity index (χ2v) is 6.91. The van der Waals surface area contributed by atoms with E-state index in [-0.39, 0.29) is 30.2 Å². The van der Waals surface area contributed by atoms with Gasteiger partial charge in [0.15, 0.2) is 5.82 Å². The normalized spacial score (nSPS) is 18.5. The van der Waals surface area contributed by atoms with Crippen LogP contribution in [-0.2, 0) is 11.8 Å². The van der Waals surface area contributed by atoms with Gasteiger partial charge in [-0.25, -0.2) is 9.97 Å². The number of hydrogen-bond acceptors (Lipinski definition) is 5. The van der Waals surface area contributed by atoms with Crippen molar-refractivity contribution >= 4 is 24.0 Å². The fraction of sp³-hybridized carbons (Fsp3) is 0.300. The van der Waals surface area contributed by atoms with Gasteiger partial charge in [-0.2, -0.15) is 5.10 Å². The van der Waals surface area contributed by atoms with Crippen molar-refractivity contribution in [3.63, 3.8) is 0 Å². The molecule has 1 aliphatic heterocycles. The second-order valence-electron chi connectivity index (χ2n) is 6.91. The number of nitrogens with one attached hydrogen (secondary N) is 2. The van der Waals surface area contributed by atoms with Crippen molar-refractivity contribution in [2.45, 2.75) is 12.8 Å². The number of rotatable bonds is 4. The Kier molecular flexibility index (Phi) is 6.06. The molecule has 4 rings (SSSR count). The van der Waals surface area contributed by atoms with Gasteiger partial charge in [0, 0.05) is 55.4 Å². The molecule has 0 aliphatic carbocycles. The number of aryl methyl sites for hydroxylation is 2. The van der Waals surface area contributed by atoms with E-state index in [2.05, 4.69) is 25.7 Å². The molecule has 0 saturated carbocycles. The van der Waals surface area contributed by atoms with Gasteiger partial charge < -0.3 is 10.6 Å². The highest BCUT2D eigenvalue weighted by Crippen LogP contribution is 2.29. The minimum atomic E-state index is -0.131. The number of anilines is 1. The first kappa shape index (κ1) is 20.0. The standard InChI is InChI=1S/C20H22N6O.ClH/c1-13-6-7-22-19(24-13)14-4-3-5-16(8-14)25-20(27)18-11-21-10-17(18)15-9-23-26(2)12-15;/h3-9,12,17-18,21H,10-11H2,1-2H3,(H,25,27);1H/t17-,18+;/m1./s1. The summed E-state index contributed by atoms with van der Waals surface area (Å²) in [5.41, 5.74) is 3.62. The highest BCUT2D eigenvalue weighted by molar-refractivity contribution is 5.94. The average Bonchev–Trinajstić information content (AvgIpc) is 3.30. The van der Waals surface area contributed by atoms with Crippen LogP contribution < -0.4 is 10.6 Å². The lowest BCUT2D eigenvalue weighted by atomic mass is 9.90. The summed E-state index contributed by atoms with van der Waals surface area (Å²) in [6, 6.07) is 9.51. The number of amides is 1. The van der Waals surface area contributed by atoms with E-state index in [9.17, 15) is 4.79 Å². The first-order chi connectivity index (χ1) is 13.1. The lowest BCUT2D eigenvalue weighted by molar-refractivity contribution is -0.119. The molecule has 8 heteroatoms. The van der Waals surface area contributed by atoms with Crippen LogP contribution in [0.15, 0.2) is 48.9 Å². The Balaban J connectivity index is 0.00000225. The maximum Gasteiger partial charge on any atom is 0.229 e. The van der Waals surface area contributed by atoms with Crippen LogP contribution >= 0.6 is 12.4 Å². The van der Waals surface area contributed by atoms with Crippen LogP contribution in [0.2, 0.25) is 0 Å². The van der Waals surface area contributed by atoms with Crippen LogP contribution in [0, 0.1) is 12.8 Å². The van der Waals surface area contributed by atoms with Gasteiger partial charge in [0.05, 0.1) is 12.1 Å². The number of halogens is 1. The molecule has 28 heavy (non-hydrogen) atoms. The molecule has 2 aromatic heterocycles. The molecule has 1 aliphatic rings. The molecule has 1 saturated heterocycles. The summed E-state index contributed by atoms with van der Waals surface area (Å²) in [7, 11) is 1.89. The Hall–Kier alpha value is -2.77. The van der Waals surface area contributed by atoms with Crippen LogP contribution in [0.5, 0.6) is 0 Å². The number of aromatic nitrogens is 4. The van der Waals surface area contributed by atoms with E-state index in [0.29, 0.717) is 12.4 Å². The van der Waals surface area contributed by atoms with E-state index in [1.165, 1.54) is 0 Å². The molecule has 0 spiro atoms. The zero-order chi connectivity index (χ0) is 18.8. The summed E-state index contributed by atoms with van der Waals surface area (Å²) in [6.07, 6.45) is 5.56. The zero-order valence-corrected chi connectivity index (χ0v) is 16.6. The lowest BCUT2D eigenvalue weighted by Gasteiger charge is -2.17. The summed E-state index contributed by atoms with van der Waals surface area (Å²) in [4.78, 5) is 21.7. The van der Waals surface area contributed by atoms with E-state index < -0.39 is 0 Å². The molecule has 1 amide bonds. The van der Waals surface area contributed by atoms with E-state index in [4.69, 9.17) is 0 Å². The molecule has 0 bridgehead atoms. The number of carbonyl (C=O) groups is 1. The van der Waals surface area contributed by atoms with Crippen LogP contribution in [0.1, 0.15) is 17.2 Å². The molecule has 0 radical (unpaired) electrons. The average molecular weight is 399 g/mol. The van der Waals surface area contributed by atoms with Crippen molar-refractivity contribution in [3.8, 4) is 11.4 Å². The molecular formula is C20H23ClN6O. The van der Waals surface area contributed by atoms with Gasteiger partial charge in [-0.3, -0.25) is 9.48 Å². The molecular weight excluding hydrogens is 376 g/mol. The van der Waals surface area contributed by atoms with E-state index in [1.807, 2.05) is 56.7 Å². The second kappa shape index (κ2) is 8.50. The van der Waals surface area contributed by atoms with Crippen LogP contribution in [-0.4, -0.2) is 38.7 Å². The molecule has 3 aromatic rings. The molecule has 2 atom stereocenters. The zero-order valence-electron chi connectivity index (χ0n) is 15.8. The lowest BCUT2D eigenvalue weighted by Crippen LogP contribution is -2.28. The highest BCUT2D eigenvalue weighted by Gasteiger charge is 2.34. The Morgan fingerprint density at radius 2 is 2.14 bits per heavy atom. The van der Waals surface area contributed by atoms with Crippen molar-refractivity contribution in [2.24, 2.45) is 13.0 Å². The van der Waals surface area contributed by atoms with Gasteiger partial charge in [-0.05, 0) is 30.7 Å². The first-order valence-electron chi connectivity index (χ1n) is 9.00. The largest absolute Gasteiger partial charge is 0.326 e. The highest BCUT2D eigenvalue weighted by atomic mass is 35.5. The van der Waals surface area contributed by atoms with E-state index >= 15 is 0 Å². The summed E-state index contributed by atoms with van der Waals surface area (Å²) in [5, 5.41) is 10.6. The van der Waals surface area contributed by atoms with Crippen LogP contribution in [0.4, 0.5) is 5.69 Å². The Morgan fingerprint density at radius 3 is 2.89 bits per heavy atom. The Bertz CT molecular complexity index is 973. The van der Waals surface area contributed by atoms with Crippen molar-refractivity contribution in [1.29, 1.82) is 0 Å². The van der Waals surface area contributed by atoms with Crippen molar-refractivity contribution in [2.75, 3.05) is 18.4 Å². The SMILES string of the molecule is Cc1ccnc(-c2cccc(NC(=O)[C@H]3CNC[C@@H]3c3cnn(C)c3)c2)n1.Cl. The maximum atomic E-state index is 12.9. The van der Waals surface area contributed by atoms with Crippen LogP contribution in [0.3, 0.4) is 0 Å². The van der Waals surface area contributed by atoms with E-state index in [1.54, 1.807) is 10.9 Å². The molecule has 0 unspecified atom stereocenters. The number of hydrogen-bond donors (Lipinski definition) is 2. The molecule has 7 nitrogen and oxygen atoms in total. The summed E-state index contributed by atoms with van der Waals surface area (Å²) in [5.74, 6) is 0.660. The van der Waals surface area contributed by atoms with Gasteiger partial charge >= 0.3 is 0 Å². The molecule has 146 valence electrons. The van der Waals surface area contributed by atoms with Gasteiger partial charge in [-0.1, -0.05) is 12.1 Å². The molecule has 1 aromatic carbocycles. The fourth-order valence-corrected chi connectivity index (χ4v) is 3.50. The summed E-state index contributed by atoms with van der Waals surface area (Å²) >= 11 is 0. The third kappa shape index (κ3) is 4.21. The smallest absolute Gasteiger partial charge is 0.229 e. The Labute approximate surface area is 170 Å². The third-order valence-corrected chi connectivity index (χ3v) is 4.89. The monoisotopic (exact) mass is 398 g/mol. The first-order valence-corrected chi connectivity index (χ1v) is 9.00. The number of benzene rings is 1. The van der Waals surface area contributed by atoms with Crippen molar-refractivity contribution < 1.29 is 4.79 Å². The minimum absolute atomic E-state index is 0. The topological polar surface area (TPSA) is 84.7 Å².